The first-order chi connectivity index (χ1) is 13.4. The molecule has 0 heterocycles. The summed E-state index contributed by atoms with van der Waals surface area (Å²) >= 11 is 0. The zero-order valence-electron chi connectivity index (χ0n) is 16.7. The number of hydrogen-bond acceptors (Lipinski definition) is 2. The van der Waals surface area contributed by atoms with E-state index in [2.05, 4.69) is 26.0 Å². The molecule has 0 aliphatic rings. The number of benzene rings is 3. The highest BCUT2D eigenvalue weighted by atomic mass is 31.1. The van der Waals surface area contributed by atoms with Crippen molar-refractivity contribution < 1.29 is 9.90 Å². The van der Waals surface area contributed by atoms with E-state index in [1.165, 1.54) is 5.56 Å². The van der Waals surface area contributed by atoms with Crippen LogP contribution < -0.4 is 5.30 Å². The van der Waals surface area contributed by atoms with Gasteiger partial charge in [0.05, 0.1) is 0 Å². The lowest BCUT2D eigenvalue weighted by Gasteiger charge is -2.31. The van der Waals surface area contributed by atoms with Crippen LogP contribution in [0.5, 0.6) is 5.75 Å². The van der Waals surface area contributed by atoms with Crippen LogP contribution in [0, 0.1) is 0 Å². The van der Waals surface area contributed by atoms with Crippen molar-refractivity contribution in [3.8, 4) is 5.75 Å². The van der Waals surface area contributed by atoms with E-state index < -0.39 is 0 Å². The molecule has 0 saturated heterocycles. The Morgan fingerprint density at radius 1 is 0.964 bits per heavy atom. The van der Waals surface area contributed by atoms with Crippen molar-refractivity contribution in [3.63, 3.8) is 0 Å². The van der Waals surface area contributed by atoms with Crippen LogP contribution in [0.3, 0.4) is 0 Å². The molecule has 1 N–H and O–H groups in total. The predicted octanol–water partition coefficient (Wildman–Crippen LogP) is 5.81. The average Bonchev–Trinajstić information content (AvgIpc) is 2.70. The molecule has 0 aromatic heterocycles. The Labute approximate surface area is 169 Å². The molecule has 3 heteroatoms. The second-order valence-electron chi connectivity index (χ2n) is 7.39. The molecule has 0 aliphatic carbocycles. The van der Waals surface area contributed by atoms with Crippen LogP contribution >= 0.6 is 8.58 Å². The minimum Gasteiger partial charge on any atom is -0.507 e. The van der Waals surface area contributed by atoms with Crippen molar-refractivity contribution in [2.75, 3.05) is 0 Å². The maximum atomic E-state index is 12.1. The second kappa shape index (κ2) is 8.71. The largest absolute Gasteiger partial charge is 0.507 e. The van der Waals surface area contributed by atoms with E-state index in [0.717, 1.165) is 28.4 Å². The lowest BCUT2D eigenvalue weighted by atomic mass is 9.92. The van der Waals surface area contributed by atoms with Crippen LogP contribution in [0.15, 0.2) is 72.8 Å². The van der Waals surface area contributed by atoms with E-state index in [1.54, 1.807) is 6.92 Å². The third-order valence-electron chi connectivity index (χ3n) is 5.38. The Kier molecular flexibility index (Phi) is 6.31. The predicted molar refractivity (Wildman–Crippen MR) is 119 cm³/mol. The van der Waals surface area contributed by atoms with Crippen LogP contribution in [0.2, 0.25) is 0 Å². The fraction of sp³-hybridized carbons (Fsp3) is 0.240. The van der Waals surface area contributed by atoms with Crippen molar-refractivity contribution in [3.05, 3.63) is 95.1 Å². The summed E-state index contributed by atoms with van der Waals surface area (Å²) in [5, 5.41) is 11.9. The van der Waals surface area contributed by atoms with Crippen LogP contribution in [0.25, 0.3) is 0 Å². The number of ketones is 1. The van der Waals surface area contributed by atoms with Crippen molar-refractivity contribution in [1.29, 1.82) is 0 Å². The summed E-state index contributed by atoms with van der Waals surface area (Å²) in [4.78, 5) is 12.1. The summed E-state index contributed by atoms with van der Waals surface area (Å²) in [6, 6.07) is 24.1. The molecular weight excluding hydrogens is 363 g/mol. The summed E-state index contributed by atoms with van der Waals surface area (Å²) in [7, 11) is 0.397. The van der Waals surface area contributed by atoms with Crippen molar-refractivity contribution in [1.82, 2.24) is 0 Å². The highest BCUT2D eigenvalue weighted by Gasteiger charge is 2.30. The van der Waals surface area contributed by atoms with Crippen molar-refractivity contribution >= 4 is 19.7 Å². The van der Waals surface area contributed by atoms with Gasteiger partial charge >= 0.3 is 0 Å². The molecule has 0 aliphatic heterocycles. The number of carbonyl (C=O) groups is 1. The van der Waals surface area contributed by atoms with Gasteiger partial charge in [-0.25, -0.2) is 0 Å². The van der Waals surface area contributed by atoms with E-state index in [4.69, 9.17) is 0 Å². The number of hydrogen-bond donors (Lipinski definition) is 1. The molecule has 0 fully saturated rings. The Balaban J connectivity index is 1.98. The highest BCUT2D eigenvalue weighted by molar-refractivity contribution is 7.48. The molecule has 3 rings (SSSR count). The topological polar surface area (TPSA) is 37.3 Å². The van der Waals surface area contributed by atoms with Gasteiger partial charge in [0.1, 0.15) is 5.75 Å². The Morgan fingerprint density at radius 3 is 2.32 bits per heavy atom. The van der Waals surface area contributed by atoms with Gasteiger partial charge in [0, 0.05) is 22.7 Å². The molecule has 144 valence electrons. The third-order valence-corrected chi connectivity index (χ3v) is 7.26. The number of aromatic hydroxyl groups is 1. The molecule has 0 radical (unpaired) electrons. The fourth-order valence-electron chi connectivity index (χ4n) is 3.54. The number of phenols is 1. The monoisotopic (exact) mass is 390 g/mol. The minimum absolute atomic E-state index is 0.0867. The average molecular weight is 390 g/mol. The summed E-state index contributed by atoms with van der Waals surface area (Å²) in [5.74, 6) is 0.465. The van der Waals surface area contributed by atoms with Crippen molar-refractivity contribution in [2.24, 2.45) is 0 Å². The Morgan fingerprint density at radius 2 is 1.64 bits per heavy atom. The molecule has 0 amide bonds. The van der Waals surface area contributed by atoms with E-state index >= 15 is 0 Å². The smallest absolute Gasteiger partial charge is 0.160 e. The molecule has 0 spiro atoms. The van der Waals surface area contributed by atoms with Crippen LogP contribution in [0.4, 0.5) is 0 Å². The summed E-state index contributed by atoms with van der Waals surface area (Å²) < 4.78 is 0. The number of Topliss-reactive ketones (excluding diaryl/α,β-unsaturated/α-hetero) is 1. The summed E-state index contributed by atoms with van der Waals surface area (Å²) in [5.41, 5.74) is 3.85. The number of carbonyl (C=O) groups excluding carboxylic acids is 1. The first kappa shape index (κ1) is 20.3. The van der Waals surface area contributed by atoms with E-state index in [9.17, 15) is 9.90 Å². The molecule has 2 unspecified atom stereocenters. The van der Waals surface area contributed by atoms with Crippen LogP contribution in [-0.2, 0) is 11.6 Å². The summed E-state index contributed by atoms with van der Waals surface area (Å²) in [6.07, 6.45) is 1.58. The normalized spacial score (nSPS) is 13.5. The number of rotatable bonds is 7. The Bertz CT molecular complexity index is 965. The van der Waals surface area contributed by atoms with Crippen LogP contribution in [0.1, 0.15) is 54.2 Å². The maximum absolute atomic E-state index is 12.1. The number of para-hydroxylation sites is 1. The maximum Gasteiger partial charge on any atom is 0.160 e. The van der Waals surface area contributed by atoms with E-state index in [-0.39, 0.29) is 10.9 Å². The minimum atomic E-state index is -0.234. The van der Waals surface area contributed by atoms with Gasteiger partial charge in [-0.05, 0) is 29.8 Å². The van der Waals surface area contributed by atoms with Gasteiger partial charge in [-0.1, -0.05) is 95.2 Å². The first-order valence-corrected chi connectivity index (χ1v) is 10.7. The molecule has 0 bridgehead atoms. The van der Waals surface area contributed by atoms with Crippen molar-refractivity contribution in [2.45, 2.75) is 38.8 Å². The molecule has 3 aromatic carbocycles. The lowest BCUT2D eigenvalue weighted by molar-refractivity contribution is 0.101. The fourth-order valence-corrected chi connectivity index (χ4v) is 5.22. The van der Waals surface area contributed by atoms with Gasteiger partial charge in [-0.3, -0.25) is 4.79 Å². The van der Waals surface area contributed by atoms with Gasteiger partial charge in [-0.15, -0.1) is 0 Å². The highest BCUT2D eigenvalue weighted by Crippen LogP contribution is 2.48. The molecule has 28 heavy (non-hydrogen) atoms. The van der Waals surface area contributed by atoms with E-state index in [0.29, 0.717) is 20.8 Å². The zero-order valence-corrected chi connectivity index (χ0v) is 17.7. The van der Waals surface area contributed by atoms with Crippen LogP contribution in [-0.4, -0.2) is 10.9 Å². The van der Waals surface area contributed by atoms with Gasteiger partial charge in [0.2, 0.25) is 0 Å². The first-order valence-electron chi connectivity index (χ1n) is 9.68. The van der Waals surface area contributed by atoms with Gasteiger partial charge in [-0.2, -0.15) is 0 Å². The van der Waals surface area contributed by atoms with Gasteiger partial charge in [0.15, 0.2) is 5.78 Å². The SMILES string of the molecule is CCC(C)(Pc1ccccc1C(C)=O)c1cccc(Cc2ccccc2)c1O. The second-order valence-corrected chi connectivity index (χ2v) is 9.28. The number of phenolic OH excluding ortho intramolecular Hbond substituents is 1. The standard InChI is InChI=1S/C25H27O2P/c1-4-25(3,28-23-16-9-8-14-21(23)18(2)26)22-15-10-13-20(24(22)27)17-19-11-6-5-7-12-19/h5-16,27-28H,4,17H2,1-3H3. The molecule has 0 saturated carbocycles. The Hall–Kier alpha value is -2.44. The summed E-state index contributed by atoms with van der Waals surface area (Å²) in [6.45, 7) is 5.95. The lowest BCUT2D eigenvalue weighted by Crippen LogP contribution is -2.21. The quantitative estimate of drug-likeness (QED) is 0.408. The molecule has 2 nitrogen and oxygen atoms in total. The zero-order chi connectivity index (χ0) is 20.1. The molecule has 3 aromatic rings. The van der Waals surface area contributed by atoms with Gasteiger partial charge < -0.3 is 5.11 Å². The molecule has 2 atom stereocenters. The van der Waals surface area contributed by atoms with Gasteiger partial charge in [0.25, 0.3) is 0 Å². The van der Waals surface area contributed by atoms with E-state index in [1.807, 2.05) is 60.7 Å². The molecular formula is C25H27O2P. The third kappa shape index (κ3) is 4.34.